The summed E-state index contributed by atoms with van der Waals surface area (Å²) in [6.07, 6.45) is -0.568. The molecule has 0 spiro atoms. The van der Waals surface area contributed by atoms with Crippen molar-refractivity contribution in [3.63, 3.8) is 0 Å². The number of amides is 2. The van der Waals surface area contributed by atoms with Crippen molar-refractivity contribution in [3.8, 4) is 0 Å². The lowest BCUT2D eigenvalue weighted by molar-refractivity contribution is -0.120. The molecular weight excluding hydrogens is 172 g/mol. The number of hydrogen-bond acceptors (Lipinski definition) is 3. The number of ether oxygens (including phenoxy) is 1. The van der Waals surface area contributed by atoms with Crippen LogP contribution in [-0.4, -0.2) is 31.2 Å². The Bertz CT molecular complexity index is 180. The van der Waals surface area contributed by atoms with Crippen LogP contribution in [0.15, 0.2) is 0 Å². The van der Waals surface area contributed by atoms with E-state index in [0.717, 1.165) is 0 Å². The van der Waals surface area contributed by atoms with Crippen LogP contribution in [0.3, 0.4) is 0 Å². The molecule has 0 atom stereocenters. The smallest absolute Gasteiger partial charge is 0.407 e. The summed E-state index contributed by atoms with van der Waals surface area (Å²) in [7, 11) is 0. The van der Waals surface area contributed by atoms with Gasteiger partial charge in [-0.05, 0) is 20.8 Å². The van der Waals surface area contributed by atoms with Gasteiger partial charge in [0.1, 0.15) is 6.54 Å². The molecular formula is C8H16N2O3. The molecule has 13 heavy (non-hydrogen) atoms. The summed E-state index contributed by atoms with van der Waals surface area (Å²) in [5.41, 5.74) is 0. The lowest BCUT2D eigenvalue weighted by atomic mass is 10.4. The Morgan fingerprint density at radius 1 is 1.38 bits per heavy atom. The van der Waals surface area contributed by atoms with Gasteiger partial charge in [-0.1, -0.05) is 0 Å². The number of carbonyl (C=O) groups excluding carboxylic acids is 2. The minimum atomic E-state index is -0.568. The third-order valence-electron chi connectivity index (χ3n) is 1.12. The van der Waals surface area contributed by atoms with E-state index in [1.807, 2.05) is 13.8 Å². The zero-order valence-electron chi connectivity index (χ0n) is 8.22. The molecule has 0 aliphatic heterocycles. The van der Waals surface area contributed by atoms with Crippen molar-refractivity contribution in [3.05, 3.63) is 0 Å². The molecule has 2 N–H and O–H groups in total. The highest BCUT2D eigenvalue weighted by Gasteiger charge is 2.05. The van der Waals surface area contributed by atoms with E-state index in [0.29, 0.717) is 6.61 Å². The molecule has 0 rings (SSSR count). The number of hydrogen-bond donors (Lipinski definition) is 2. The molecule has 2 amide bonds. The van der Waals surface area contributed by atoms with Gasteiger partial charge in [0, 0.05) is 6.04 Å². The van der Waals surface area contributed by atoms with Crippen molar-refractivity contribution in [2.24, 2.45) is 0 Å². The number of rotatable bonds is 4. The summed E-state index contributed by atoms with van der Waals surface area (Å²) in [6, 6.07) is 0.0801. The highest BCUT2D eigenvalue weighted by Crippen LogP contribution is 1.78. The predicted octanol–water partition coefficient (Wildman–Crippen LogP) is 0.257. The van der Waals surface area contributed by atoms with Crippen molar-refractivity contribution in [1.82, 2.24) is 10.6 Å². The maximum atomic E-state index is 11.0. The average molecular weight is 188 g/mol. The summed E-state index contributed by atoms with van der Waals surface area (Å²) >= 11 is 0. The first-order chi connectivity index (χ1) is 6.06. The van der Waals surface area contributed by atoms with E-state index in [4.69, 9.17) is 0 Å². The van der Waals surface area contributed by atoms with Gasteiger partial charge in [-0.15, -0.1) is 0 Å². The molecule has 0 aromatic carbocycles. The van der Waals surface area contributed by atoms with E-state index in [2.05, 4.69) is 15.4 Å². The van der Waals surface area contributed by atoms with Crippen molar-refractivity contribution in [2.75, 3.05) is 13.2 Å². The molecule has 76 valence electrons. The van der Waals surface area contributed by atoms with Crippen molar-refractivity contribution >= 4 is 12.0 Å². The Labute approximate surface area is 77.8 Å². The quantitative estimate of drug-likeness (QED) is 0.665. The van der Waals surface area contributed by atoms with Crippen LogP contribution in [0.1, 0.15) is 20.8 Å². The summed E-state index contributed by atoms with van der Waals surface area (Å²) in [5, 5.41) is 4.95. The Kier molecular flexibility index (Phi) is 5.67. The van der Waals surface area contributed by atoms with E-state index in [9.17, 15) is 9.59 Å². The molecule has 0 bridgehead atoms. The van der Waals surface area contributed by atoms with Crippen LogP contribution in [0.25, 0.3) is 0 Å². The minimum absolute atomic E-state index is 0.0446. The van der Waals surface area contributed by atoms with Gasteiger partial charge in [0.2, 0.25) is 5.91 Å². The molecule has 0 saturated carbocycles. The fourth-order valence-corrected chi connectivity index (χ4v) is 0.708. The van der Waals surface area contributed by atoms with Crippen LogP contribution in [0.5, 0.6) is 0 Å². The number of nitrogens with one attached hydrogen (secondary N) is 2. The Morgan fingerprint density at radius 3 is 2.46 bits per heavy atom. The summed E-state index contributed by atoms with van der Waals surface area (Å²) in [5.74, 6) is -0.219. The van der Waals surface area contributed by atoms with Gasteiger partial charge in [-0.3, -0.25) is 4.79 Å². The van der Waals surface area contributed by atoms with Gasteiger partial charge in [0.05, 0.1) is 6.61 Å². The topological polar surface area (TPSA) is 67.4 Å². The van der Waals surface area contributed by atoms with Crippen LogP contribution in [0.4, 0.5) is 4.79 Å². The average Bonchev–Trinajstić information content (AvgIpc) is 2.00. The maximum absolute atomic E-state index is 11.0. The summed E-state index contributed by atoms with van der Waals surface area (Å²) in [6.45, 7) is 5.66. The largest absolute Gasteiger partial charge is 0.450 e. The highest BCUT2D eigenvalue weighted by molar-refractivity contribution is 5.82. The second-order valence-electron chi connectivity index (χ2n) is 2.80. The standard InChI is InChI=1S/C8H16N2O3/c1-4-13-8(12)9-5-7(11)10-6(2)3/h6H,4-5H2,1-3H3,(H,9,12)(H,10,11). The predicted molar refractivity (Wildman–Crippen MR) is 48.3 cm³/mol. The molecule has 0 unspecified atom stereocenters. The third kappa shape index (κ3) is 7.11. The van der Waals surface area contributed by atoms with Gasteiger partial charge in [0.25, 0.3) is 0 Å². The zero-order chi connectivity index (χ0) is 10.3. The van der Waals surface area contributed by atoms with Crippen molar-refractivity contribution < 1.29 is 14.3 Å². The lowest BCUT2D eigenvalue weighted by Crippen LogP contribution is -2.39. The first-order valence-corrected chi connectivity index (χ1v) is 4.26. The van der Waals surface area contributed by atoms with Gasteiger partial charge >= 0.3 is 6.09 Å². The third-order valence-corrected chi connectivity index (χ3v) is 1.12. The van der Waals surface area contributed by atoms with Gasteiger partial charge in [0.15, 0.2) is 0 Å². The first kappa shape index (κ1) is 11.7. The molecule has 0 aromatic rings. The molecule has 5 heteroatoms. The summed E-state index contributed by atoms with van der Waals surface area (Å²) < 4.78 is 4.57. The van der Waals surface area contributed by atoms with Crippen LogP contribution >= 0.6 is 0 Å². The molecule has 0 aliphatic carbocycles. The number of alkyl carbamates (subject to hydrolysis) is 1. The van der Waals surface area contributed by atoms with Crippen molar-refractivity contribution in [2.45, 2.75) is 26.8 Å². The Morgan fingerprint density at radius 2 is 2.00 bits per heavy atom. The monoisotopic (exact) mass is 188 g/mol. The van der Waals surface area contributed by atoms with Gasteiger partial charge in [-0.25, -0.2) is 4.79 Å². The van der Waals surface area contributed by atoms with Gasteiger partial charge in [-0.2, -0.15) is 0 Å². The van der Waals surface area contributed by atoms with E-state index in [-0.39, 0.29) is 18.5 Å². The maximum Gasteiger partial charge on any atom is 0.407 e. The van der Waals surface area contributed by atoms with Crippen LogP contribution in [-0.2, 0) is 9.53 Å². The van der Waals surface area contributed by atoms with Crippen molar-refractivity contribution in [1.29, 1.82) is 0 Å². The molecule has 0 heterocycles. The van der Waals surface area contributed by atoms with E-state index in [1.54, 1.807) is 6.92 Å². The van der Waals surface area contributed by atoms with Crippen LogP contribution in [0.2, 0.25) is 0 Å². The van der Waals surface area contributed by atoms with E-state index in [1.165, 1.54) is 0 Å². The van der Waals surface area contributed by atoms with Crippen LogP contribution < -0.4 is 10.6 Å². The van der Waals surface area contributed by atoms with E-state index < -0.39 is 6.09 Å². The fraction of sp³-hybridized carbons (Fsp3) is 0.750. The molecule has 0 aromatic heterocycles. The molecule has 0 aliphatic rings. The number of carbonyl (C=O) groups is 2. The Hall–Kier alpha value is -1.26. The molecule has 5 nitrogen and oxygen atoms in total. The SMILES string of the molecule is CCOC(=O)NCC(=O)NC(C)C. The Balaban J connectivity index is 3.52. The van der Waals surface area contributed by atoms with E-state index >= 15 is 0 Å². The minimum Gasteiger partial charge on any atom is -0.450 e. The summed E-state index contributed by atoms with van der Waals surface area (Å²) in [4.78, 5) is 21.7. The zero-order valence-corrected chi connectivity index (χ0v) is 8.22. The fourth-order valence-electron chi connectivity index (χ4n) is 0.708. The molecule has 0 fully saturated rings. The second-order valence-corrected chi connectivity index (χ2v) is 2.80. The normalized spacial score (nSPS) is 9.54. The lowest BCUT2D eigenvalue weighted by Gasteiger charge is -2.08. The molecule has 0 saturated heterocycles. The highest BCUT2D eigenvalue weighted by atomic mass is 16.5. The first-order valence-electron chi connectivity index (χ1n) is 4.26. The second kappa shape index (κ2) is 6.28. The molecule has 0 radical (unpaired) electrons. The van der Waals surface area contributed by atoms with Crippen LogP contribution in [0, 0.1) is 0 Å². The van der Waals surface area contributed by atoms with Gasteiger partial charge < -0.3 is 15.4 Å².